The number of carboxylic acids is 1. The Labute approximate surface area is 122 Å². The maximum absolute atomic E-state index is 12.1. The second-order valence-electron chi connectivity index (χ2n) is 5.73. The first-order chi connectivity index (χ1) is 9.65. The molecule has 116 valence electrons. The van der Waals surface area contributed by atoms with Crippen molar-refractivity contribution in [2.24, 2.45) is 11.3 Å². The molecule has 0 aliphatic heterocycles. The van der Waals surface area contributed by atoms with E-state index in [9.17, 15) is 19.5 Å². The highest BCUT2D eigenvalue weighted by Gasteiger charge is 2.37. The third-order valence-electron chi connectivity index (χ3n) is 2.86. The van der Waals surface area contributed by atoms with Crippen LogP contribution >= 0.6 is 0 Å². The molecule has 0 saturated heterocycles. The molecule has 0 aliphatic carbocycles. The number of nitrogens with one attached hydrogen (secondary N) is 2. The minimum absolute atomic E-state index is 0.0218. The summed E-state index contributed by atoms with van der Waals surface area (Å²) in [6.45, 7) is 5.06. The van der Waals surface area contributed by atoms with Gasteiger partial charge >= 0.3 is 5.97 Å². The number of aliphatic carboxylic acids is 1. The summed E-state index contributed by atoms with van der Waals surface area (Å²) in [5.74, 6) is -3.21. The van der Waals surface area contributed by atoms with Crippen LogP contribution < -0.4 is 10.6 Å². The van der Waals surface area contributed by atoms with E-state index in [2.05, 4.69) is 15.7 Å². The highest BCUT2D eigenvalue weighted by atomic mass is 16.4. The zero-order valence-corrected chi connectivity index (χ0v) is 12.5. The van der Waals surface area contributed by atoms with Gasteiger partial charge in [-0.2, -0.15) is 5.10 Å². The fraction of sp³-hybridized carbons (Fsp3) is 0.538. The quantitative estimate of drug-likeness (QED) is 0.677. The Morgan fingerprint density at radius 1 is 1.38 bits per heavy atom. The Hall–Kier alpha value is -2.38. The van der Waals surface area contributed by atoms with Gasteiger partial charge in [-0.05, 0) is 5.41 Å². The Balaban J connectivity index is 2.79. The molecule has 0 bridgehead atoms. The van der Waals surface area contributed by atoms with E-state index in [1.807, 2.05) is 0 Å². The minimum atomic E-state index is -1.18. The number of hydrogen-bond donors (Lipinski definition) is 3. The topological polar surface area (TPSA) is 113 Å². The van der Waals surface area contributed by atoms with Crippen molar-refractivity contribution in [1.82, 2.24) is 15.1 Å². The van der Waals surface area contributed by atoms with Crippen LogP contribution in [-0.2, 0) is 20.9 Å². The van der Waals surface area contributed by atoms with Crippen molar-refractivity contribution >= 4 is 23.5 Å². The van der Waals surface area contributed by atoms with Gasteiger partial charge in [0.25, 0.3) is 0 Å². The zero-order valence-electron chi connectivity index (χ0n) is 12.5. The third kappa shape index (κ3) is 4.59. The largest absolute Gasteiger partial charge is 0.481 e. The number of anilines is 1. The van der Waals surface area contributed by atoms with Crippen LogP contribution in [0.5, 0.6) is 0 Å². The van der Waals surface area contributed by atoms with Gasteiger partial charge in [-0.1, -0.05) is 20.8 Å². The van der Waals surface area contributed by atoms with Crippen molar-refractivity contribution in [3.05, 3.63) is 12.4 Å². The average Bonchev–Trinajstić information content (AvgIpc) is 2.73. The number of rotatable bonds is 5. The maximum Gasteiger partial charge on any atom is 0.316 e. The lowest BCUT2D eigenvalue weighted by Crippen LogP contribution is -2.39. The van der Waals surface area contributed by atoms with Gasteiger partial charge in [-0.15, -0.1) is 0 Å². The highest BCUT2D eigenvalue weighted by Crippen LogP contribution is 2.27. The van der Waals surface area contributed by atoms with Gasteiger partial charge in [0.05, 0.1) is 11.9 Å². The molecule has 8 nitrogen and oxygen atoms in total. The van der Waals surface area contributed by atoms with Gasteiger partial charge in [0.2, 0.25) is 11.8 Å². The predicted molar refractivity (Wildman–Crippen MR) is 75.5 cm³/mol. The normalized spacial score (nSPS) is 12.6. The molecule has 1 unspecified atom stereocenters. The number of nitrogens with zero attached hydrogens (tertiary/aromatic N) is 2. The molecule has 1 atom stereocenters. The summed E-state index contributed by atoms with van der Waals surface area (Å²) in [4.78, 5) is 34.5. The molecule has 1 aromatic rings. The van der Waals surface area contributed by atoms with E-state index in [1.54, 1.807) is 20.8 Å². The molecular weight excluding hydrogens is 276 g/mol. The average molecular weight is 296 g/mol. The molecule has 3 N–H and O–H groups in total. The van der Waals surface area contributed by atoms with E-state index in [0.717, 1.165) is 0 Å². The second kappa shape index (κ2) is 6.38. The molecule has 0 aliphatic rings. The van der Waals surface area contributed by atoms with Crippen LogP contribution in [0.1, 0.15) is 20.8 Å². The molecule has 1 heterocycles. The third-order valence-corrected chi connectivity index (χ3v) is 2.86. The molecule has 0 radical (unpaired) electrons. The van der Waals surface area contributed by atoms with E-state index >= 15 is 0 Å². The number of carboxylic acid groups (broad SMARTS) is 1. The number of carbonyl (C=O) groups is 3. The van der Waals surface area contributed by atoms with Crippen molar-refractivity contribution in [1.29, 1.82) is 0 Å². The molecular formula is C13H20N4O4. The van der Waals surface area contributed by atoms with E-state index in [4.69, 9.17) is 0 Å². The summed E-state index contributed by atoms with van der Waals surface area (Å²) in [6, 6.07) is 0. The molecule has 1 aromatic heterocycles. The van der Waals surface area contributed by atoms with Crippen molar-refractivity contribution in [2.75, 3.05) is 12.4 Å². The molecule has 21 heavy (non-hydrogen) atoms. The van der Waals surface area contributed by atoms with Gasteiger partial charge < -0.3 is 15.7 Å². The van der Waals surface area contributed by atoms with Crippen molar-refractivity contribution in [3.8, 4) is 0 Å². The van der Waals surface area contributed by atoms with Gasteiger partial charge in [0.15, 0.2) is 0 Å². The highest BCUT2D eigenvalue weighted by molar-refractivity contribution is 6.04. The Morgan fingerprint density at radius 2 is 2.00 bits per heavy atom. The maximum atomic E-state index is 12.1. The molecule has 0 aromatic carbocycles. The summed E-state index contributed by atoms with van der Waals surface area (Å²) in [6.07, 6.45) is 2.83. The van der Waals surface area contributed by atoms with Gasteiger partial charge in [-0.3, -0.25) is 19.1 Å². The Morgan fingerprint density at radius 3 is 2.48 bits per heavy atom. The Kier molecular flexibility index (Phi) is 5.07. The second-order valence-corrected chi connectivity index (χ2v) is 5.73. The lowest BCUT2D eigenvalue weighted by atomic mass is 9.80. The lowest BCUT2D eigenvalue weighted by molar-refractivity contribution is -0.149. The first-order valence-corrected chi connectivity index (χ1v) is 6.42. The molecule has 0 saturated carbocycles. The van der Waals surface area contributed by atoms with E-state index in [-0.39, 0.29) is 12.5 Å². The number of aromatic nitrogens is 2. The number of amides is 2. The van der Waals surface area contributed by atoms with Crippen LogP contribution in [0.25, 0.3) is 0 Å². The first kappa shape index (κ1) is 16.7. The lowest BCUT2D eigenvalue weighted by Gasteiger charge is -2.25. The monoisotopic (exact) mass is 296 g/mol. The van der Waals surface area contributed by atoms with E-state index in [1.165, 1.54) is 24.1 Å². The summed E-state index contributed by atoms with van der Waals surface area (Å²) in [5, 5.41) is 18.1. The smallest absolute Gasteiger partial charge is 0.316 e. The SMILES string of the molecule is CNC(=O)Cn1cc(NC(=O)C(C(=O)O)C(C)(C)C)cn1. The molecule has 2 amide bonds. The van der Waals surface area contributed by atoms with Crippen LogP contribution in [-0.4, -0.2) is 39.7 Å². The summed E-state index contributed by atoms with van der Waals surface area (Å²) >= 11 is 0. The van der Waals surface area contributed by atoms with Crippen LogP contribution in [0.3, 0.4) is 0 Å². The molecule has 8 heteroatoms. The minimum Gasteiger partial charge on any atom is -0.481 e. The first-order valence-electron chi connectivity index (χ1n) is 6.42. The zero-order chi connectivity index (χ0) is 16.2. The van der Waals surface area contributed by atoms with Gasteiger partial charge in [-0.25, -0.2) is 0 Å². The number of likely N-dealkylation sites (N-methyl/N-ethyl adjacent to an activating group) is 1. The van der Waals surface area contributed by atoms with E-state index in [0.29, 0.717) is 5.69 Å². The van der Waals surface area contributed by atoms with Gasteiger partial charge in [0.1, 0.15) is 12.5 Å². The van der Waals surface area contributed by atoms with Crippen LogP contribution in [0.15, 0.2) is 12.4 Å². The number of carbonyl (C=O) groups excluding carboxylic acids is 2. The Bertz CT molecular complexity index is 545. The van der Waals surface area contributed by atoms with Crippen molar-refractivity contribution in [3.63, 3.8) is 0 Å². The summed E-state index contributed by atoms with van der Waals surface area (Å²) in [7, 11) is 1.51. The summed E-state index contributed by atoms with van der Waals surface area (Å²) in [5.41, 5.74) is -0.368. The fourth-order valence-corrected chi connectivity index (χ4v) is 1.83. The standard InChI is InChI=1S/C13H20N4O4/c1-13(2,3)10(12(20)21)11(19)16-8-5-15-17(6-8)7-9(18)14-4/h5-6,10H,7H2,1-4H3,(H,14,18)(H,16,19)(H,20,21). The summed E-state index contributed by atoms with van der Waals surface area (Å²) < 4.78 is 1.35. The van der Waals surface area contributed by atoms with E-state index < -0.39 is 23.2 Å². The fourth-order valence-electron chi connectivity index (χ4n) is 1.83. The molecule has 0 spiro atoms. The van der Waals surface area contributed by atoms with Crippen molar-refractivity contribution in [2.45, 2.75) is 27.3 Å². The number of hydrogen-bond acceptors (Lipinski definition) is 4. The molecule has 1 rings (SSSR count). The van der Waals surface area contributed by atoms with Crippen LogP contribution in [0, 0.1) is 11.3 Å². The predicted octanol–water partition coefficient (Wildman–Crippen LogP) is 0.314. The van der Waals surface area contributed by atoms with Crippen LogP contribution in [0.2, 0.25) is 0 Å². The van der Waals surface area contributed by atoms with Crippen LogP contribution in [0.4, 0.5) is 5.69 Å². The van der Waals surface area contributed by atoms with Crippen molar-refractivity contribution < 1.29 is 19.5 Å². The molecule has 0 fully saturated rings. The van der Waals surface area contributed by atoms with Gasteiger partial charge in [0, 0.05) is 13.2 Å².